The molecule has 1 aromatic carbocycles. The summed E-state index contributed by atoms with van der Waals surface area (Å²) in [6.07, 6.45) is -1.43. The van der Waals surface area contributed by atoms with Crippen LogP contribution < -0.4 is 0 Å². The van der Waals surface area contributed by atoms with Gasteiger partial charge in [-0.05, 0) is 77.6 Å². The van der Waals surface area contributed by atoms with Crippen LogP contribution in [0, 0.1) is 5.41 Å². The molecule has 4 nitrogen and oxygen atoms in total. The molecule has 2 atom stereocenters. The molecule has 0 bridgehead atoms. The van der Waals surface area contributed by atoms with Crippen molar-refractivity contribution >= 4 is 13.9 Å². The molecule has 1 aliphatic heterocycles. The summed E-state index contributed by atoms with van der Waals surface area (Å²) < 4.78 is 52.8. The van der Waals surface area contributed by atoms with Crippen molar-refractivity contribution < 1.29 is 27.4 Å². The fraction of sp³-hybridized carbons (Fsp3) is 0.606. The Morgan fingerprint density at radius 2 is 1.73 bits per heavy atom. The quantitative estimate of drug-likeness (QED) is 0.341. The largest absolute Gasteiger partial charge is 0.416 e. The topological polar surface area (TPSA) is 51.6 Å². The van der Waals surface area contributed by atoms with Crippen LogP contribution in [0.5, 0.6) is 0 Å². The number of hydrogen-bond donors (Lipinski definition) is 1. The van der Waals surface area contributed by atoms with Crippen LogP contribution in [0.25, 0.3) is 5.57 Å². The van der Waals surface area contributed by atoms with E-state index in [1.165, 1.54) is 12.1 Å². The second-order valence-corrected chi connectivity index (χ2v) is 19.0. The Labute approximate surface area is 244 Å². The number of aromatic nitrogens is 1. The normalized spacial score (nSPS) is 20.5. The minimum absolute atomic E-state index is 0.000732. The Hall–Kier alpha value is -2.00. The number of hydrogen-bond acceptors (Lipinski definition) is 4. The highest BCUT2D eigenvalue weighted by Crippen LogP contribution is 2.51. The number of ether oxygens (including phenoxy) is 1. The molecule has 226 valence electrons. The molecule has 41 heavy (non-hydrogen) atoms. The van der Waals surface area contributed by atoms with Crippen molar-refractivity contribution in [3.63, 3.8) is 0 Å². The highest BCUT2D eigenvalue weighted by atomic mass is 28.4. The van der Waals surface area contributed by atoms with E-state index in [4.69, 9.17) is 14.1 Å². The minimum atomic E-state index is -4.45. The highest BCUT2D eigenvalue weighted by molar-refractivity contribution is 6.74. The molecule has 0 saturated heterocycles. The van der Waals surface area contributed by atoms with E-state index in [0.717, 1.165) is 53.1 Å². The summed E-state index contributed by atoms with van der Waals surface area (Å²) in [5.74, 6) is -0.0108. The summed E-state index contributed by atoms with van der Waals surface area (Å²) in [7, 11) is -2.20. The predicted molar refractivity (Wildman–Crippen MR) is 160 cm³/mol. The average Bonchev–Trinajstić information content (AvgIpc) is 2.85. The summed E-state index contributed by atoms with van der Waals surface area (Å²) in [6, 6.07) is 4.84. The Morgan fingerprint density at radius 3 is 2.24 bits per heavy atom. The van der Waals surface area contributed by atoms with Crippen LogP contribution in [0.3, 0.4) is 0 Å². The minimum Gasteiger partial charge on any atom is -0.410 e. The fourth-order valence-corrected chi connectivity index (χ4v) is 7.03. The number of rotatable bonds is 6. The van der Waals surface area contributed by atoms with Crippen molar-refractivity contribution in [2.45, 2.75) is 110 Å². The van der Waals surface area contributed by atoms with Crippen LogP contribution in [0.15, 0.2) is 30.3 Å². The summed E-state index contributed by atoms with van der Waals surface area (Å²) in [5.41, 5.74) is 5.17. The Balaban J connectivity index is 2.01. The molecular formula is C33H46F3NO3Si. The highest BCUT2D eigenvalue weighted by Gasteiger charge is 2.45. The zero-order valence-corrected chi connectivity index (χ0v) is 27.0. The van der Waals surface area contributed by atoms with E-state index in [1.54, 1.807) is 0 Å². The molecule has 1 N–H and O–H groups in total. The number of aliphatic hydroxyl groups is 1. The lowest BCUT2D eigenvalue weighted by atomic mass is 9.71. The number of halogens is 3. The lowest BCUT2D eigenvalue weighted by Crippen LogP contribution is -2.44. The van der Waals surface area contributed by atoms with Gasteiger partial charge in [-0.2, -0.15) is 13.2 Å². The van der Waals surface area contributed by atoms with Gasteiger partial charge in [-0.1, -0.05) is 66.7 Å². The fourth-order valence-electron chi connectivity index (χ4n) is 5.77. The van der Waals surface area contributed by atoms with Crippen molar-refractivity contribution in [3.8, 4) is 0 Å². The molecule has 4 rings (SSSR count). The van der Waals surface area contributed by atoms with Crippen LogP contribution >= 0.6 is 0 Å². The number of alkyl halides is 3. The third-order valence-corrected chi connectivity index (χ3v) is 13.5. The first kappa shape index (κ1) is 31.9. The van der Waals surface area contributed by atoms with Crippen LogP contribution in [0.2, 0.25) is 18.1 Å². The maximum absolute atomic E-state index is 13.3. The van der Waals surface area contributed by atoms with Crippen molar-refractivity contribution in [1.82, 2.24) is 4.98 Å². The SMILES string of the molecule is CC(C)c1nc2c(c(C3=CCOCC3)c1C(O)c1ccc(C(F)(F)F)cc1)[C@H](O[Si](C)(C)C(C)(C)C)CC(C)(C)C2. The van der Waals surface area contributed by atoms with Gasteiger partial charge in [0, 0.05) is 22.5 Å². The first-order valence-electron chi connectivity index (χ1n) is 14.7. The molecule has 1 aromatic heterocycles. The van der Waals surface area contributed by atoms with Crippen LogP contribution in [0.4, 0.5) is 13.2 Å². The van der Waals surface area contributed by atoms with Crippen LogP contribution in [-0.4, -0.2) is 31.6 Å². The third-order valence-electron chi connectivity index (χ3n) is 8.99. The van der Waals surface area contributed by atoms with Gasteiger partial charge in [-0.3, -0.25) is 4.98 Å². The van der Waals surface area contributed by atoms with E-state index >= 15 is 0 Å². The van der Waals surface area contributed by atoms with Gasteiger partial charge in [-0.15, -0.1) is 0 Å². The molecule has 1 aliphatic carbocycles. The lowest BCUT2D eigenvalue weighted by molar-refractivity contribution is -0.137. The van der Waals surface area contributed by atoms with E-state index in [-0.39, 0.29) is 22.5 Å². The molecule has 0 saturated carbocycles. The second kappa shape index (κ2) is 11.2. The van der Waals surface area contributed by atoms with Gasteiger partial charge in [0.25, 0.3) is 0 Å². The van der Waals surface area contributed by atoms with Gasteiger partial charge in [-0.25, -0.2) is 0 Å². The maximum Gasteiger partial charge on any atom is 0.416 e. The van der Waals surface area contributed by atoms with Crippen LogP contribution in [0.1, 0.15) is 119 Å². The Morgan fingerprint density at radius 1 is 1.10 bits per heavy atom. The van der Waals surface area contributed by atoms with Crippen molar-refractivity contribution in [2.24, 2.45) is 5.41 Å². The predicted octanol–water partition coefficient (Wildman–Crippen LogP) is 9.14. The van der Waals surface area contributed by atoms with Crippen molar-refractivity contribution in [1.29, 1.82) is 0 Å². The number of pyridine rings is 1. The van der Waals surface area contributed by atoms with E-state index in [9.17, 15) is 18.3 Å². The van der Waals surface area contributed by atoms with Gasteiger partial charge >= 0.3 is 6.18 Å². The standard InChI is InChI=1S/C33H46F3NO3Si/c1-20(2)29-28(30(38)22-10-12-23(13-11-22)33(34,35)36)26(21-14-16-39-17-15-21)27-24(37-29)18-32(6,7)19-25(27)40-41(8,9)31(3,4)5/h10-14,20,25,30,38H,15-19H2,1-9H3/t25-,30?/m1/s1. The van der Waals surface area contributed by atoms with Crippen LogP contribution in [-0.2, 0) is 21.8 Å². The average molecular weight is 590 g/mol. The molecule has 1 unspecified atom stereocenters. The molecule has 2 heterocycles. The number of benzene rings is 1. The molecule has 2 aliphatic rings. The van der Waals surface area contributed by atoms with Gasteiger partial charge in [0.15, 0.2) is 8.32 Å². The zero-order valence-electron chi connectivity index (χ0n) is 26.0. The van der Waals surface area contributed by atoms with E-state index in [1.807, 2.05) is 0 Å². The zero-order chi connectivity index (χ0) is 30.5. The second-order valence-electron chi connectivity index (χ2n) is 14.3. The first-order chi connectivity index (χ1) is 18.8. The first-order valence-corrected chi connectivity index (χ1v) is 17.6. The van der Waals surface area contributed by atoms with Crippen molar-refractivity contribution in [3.05, 3.63) is 69.5 Å². The van der Waals surface area contributed by atoms with E-state index < -0.39 is 26.2 Å². The molecular weight excluding hydrogens is 543 g/mol. The van der Waals surface area contributed by atoms with E-state index in [0.29, 0.717) is 30.8 Å². The van der Waals surface area contributed by atoms with Gasteiger partial charge < -0.3 is 14.3 Å². The van der Waals surface area contributed by atoms with Gasteiger partial charge in [0.1, 0.15) is 6.10 Å². The molecule has 8 heteroatoms. The molecule has 0 radical (unpaired) electrons. The van der Waals surface area contributed by atoms with Gasteiger partial charge in [0.2, 0.25) is 0 Å². The number of fused-ring (bicyclic) bond motifs is 1. The Kier molecular flexibility index (Phi) is 8.76. The Bertz CT molecular complexity index is 1290. The summed E-state index contributed by atoms with van der Waals surface area (Å²) in [6.45, 7) is 20.9. The summed E-state index contributed by atoms with van der Waals surface area (Å²) in [4.78, 5) is 5.25. The summed E-state index contributed by atoms with van der Waals surface area (Å²) >= 11 is 0. The number of nitrogens with zero attached hydrogens (tertiary/aromatic N) is 1. The van der Waals surface area contributed by atoms with E-state index in [2.05, 4.69) is 67.6 Å². The molecule has 0 amide bonds. The third kappa shape index (κ3) is 6.66. The maximum atomic E-state index is 13.3. The molecule has 2 aromatic rings. The van der Waals surface area contributed by atoms with Crippen molar-refractivity contribution in [2.75, 3.05) is 13.2 Å². The smallest absolute Gasteiger partial charge is 0.410 e. The molecule has 0 fully saturated rings. The molecule has 0 spiro atoms. The monoisotopic (exact) mass is 589 g/mol. The summed E-state index contributed by atoms with van der Waals surface area (Å²) in [5, 5.41) is 12.0. The lowest BCUT2D eigenvalue weighted by Gasteiger charge is -2.45. The number of aliphatic hydroxyl groups excluding tert-OH is 1. The van der Waals surface area contributed by atoms with Gasteiger partial charge in [0.05, 0.1) is 24.9 Å².